The number of benzene rings is 1. The summed E-state index contributed by atoms with van der Waals surface area (Å²) in [6.07, 6.45) is 1.13. The van der Waals surface area contributed by atoms with E-state index in [9.17, 15) is 0 Å². The molecule has 1 aliphatic rings. The summed E-state index contributed by atoms with van der Waals surface area (Å²) in [6, 6.07) is 5.46. The molecule has 0 fully saturated rings. The average Bonchev–Trinajstić information content (AvgIpc) is 2.20. The van der Waals surface area contributed by atoms with Crippen LogP contribution in [-0.4, -0.2) is 19.8 Å². The number of aryl methyl sites for hydroxylation is 2. The van der Waals surface area contributed by atoms with Gasteiger partial charge in [-0.25, -0.2) is 0 Å². The summed E-state index contributed by atoms with van der Waals surface area (Å²) in [5.74, 6) is 0. The second-order valence-corrected chi connectivity index (χ2v) is 4.93. The highest BCUT2D eigenvalue weighted by Gasteiger charge is 2.24. The maximum absolute atomic E-state index is 5.30. The number of methoxy groups -OCH3 is 1. The Bertz CT molecular complexity index is 387. The molecule has 1 N–H and O–H groups in total. The van der Waals surface area contributed by atoms with Crippen molar-refractivity contribution in [3.63, 3.8) is 0 Å². The van der Waals surface area contributed by atoms with Gasteiger partial charge in [-0.2, -0.15) is 0 Å². The highest BCUT2D eigenvalue weighted by atomic mass is 16.5. The molecule has 1 aromatic rings. The fourth-order valence-corrected chi connectivity index (χ4v) is 2.72. The molecule has 0 spiro atoms. The molecule has 2 heteroatoms. The molecule has 88 valence electrons. The molecular weight excluding hydrogens is 198 g/mol. The van der Waals surface area contributed by atoms with Crippen molar-refractivity contribution in [3.05, 3.63) is 34.4 Å². The molecule has 2 atom stereocenters. The molecule has 0 radical (unpaired) electrons. The standard InChI is InChI=1S/C14H21NO/c1-9-5-10(2)12-7-11(3)15-14(8-16-4)13(12)6-9/h5-6,11,14-15H,7-8H2,1-4H3. The minimum absolute atomic E-state index is 0.349. The highest BCUT2D eigenvalue weighted by molar-refractivity contribution is 5.42. The van der Waals surface area contributed by atoms with Gasteiger partial charge in [0.2, 0.25) is 0 Å². The van der Waals surface area contributed by atoms with Crippen LogP contribution in [0.1, 0.15) is 35.2 Å². The van der Waals surface area contributed by atoms with Gasteiger partial charge in [0, 0.05) is 13.2 Å². The van der Waals surface area contributed by atoms with E-state index in [-0.39, 0.29) is 0 Å². The van der Waals surface area contributed by atoms with Crippen LogP contribution in [0.15, 0.2) is 12.1 Å². The monoisotopic (exact) mass is 219 g/mol. The largest absolute Gasteiger partial charge is 0.383 e. The maximum atomic E-state index is 5.30. The lowest BCUT2D eigenvalue weighted by molar-refractivity contribution is 0.157. The molecule has 0 aromatic heterocycles. The molecule has 0 saturated carbocycles. The summed E-state index contributed by atoms with van der Waals surface area (Å²) >= 11 is 0. The maximum Gasteiger partial charge on any atom is 0.0657 e. The Morgan fingerprint density at radius 2 is 2.12 bits per heavy atom. The molecule has 1 aliphatic heterocycles. The zero-order chi connectivity index (χ0) is 11.7. The lowest BCUT2D eigenvalue weighted by Gasteiger charge is -2.32. The van der Waals surface area contributed by atoms with Gasteiger partial charge in [-0.1, -0.05) is 17.7 Å². The summed E-state index contributed by atoms with van der Waals surface area (Å²) in [6.45, 7) is 7.37. The SMILES string of the molecule is COCC1NC(C)Cc2c(C)cc(C)cc21. The third kappa shape index (κ3) is 2.13. The summed E-state index contributed by atoms with van der Waals surface area (Å²) < 4.78 is 5.30. The Hall–Kier alpha value is -0.860. The van der Waals surface area contributed by atoms with Crippen LogP contribution in [0.25, 0.3) is 0 Å². The van der Waals surface area contributed by atoms with Crippen LogP contribution in [-0.2, 0) is 11.2 Å². The van der Waals surface area contributed by atoms with Crippen molar-refractivity contribution in [3.8, 4) is 0 Å². The van der Waals surface area contributed by atoms with E-state index in [4.69, 9.17) is 4.74 Å². The Kier molecular flexibility index (Phi) is 3.31. The quantitative estimate of drug-likeness (QED) is 0.825. The normalized spacial score (nSPS) is 24.2. The number of fused-ring (bicyclic) bond motifs is 1. The zero-order valence-electron chi connectivity index (χ0n) is 10.6. The first-order valence-corrected chi connectivity index (χ1v) is 5.97. The van der Waals surface area contributed by atoms with Gasteiger partial charge in [0.25, 0.3) is 0 Å². The summed E-state index contributed by atoms with van der Waals surface area (Å²) in [5, 5.41) is 3.60. The van der Waals surface area contributed by atoms with Gasteiger partial charge < -0.3 is 10.1 Å². The van der Waals surface area contributed by atoms with E-state index >= 15 is 0 Å². The molecule has 0 amide bonds. The van der Waals surface area contributed by atoms with Crippen molar-refractivity contribution in [1.82, 2.24) is 5.32 Å². The van der Waals surface area contributed by atoms with Crippen LogP contribution in [0.3, 0.4) is 0 Å². The van der Waals surface area contributed by atoms with E-state index in [0.29, 0.717) is 12.1 Å². The summed E-state index contributed by atoms with van der Waals surface area (Å²) in [5.41, 5.74) is 5.70. The number of hydrogen-bond donors (Lipinski definition) is 1. The van der Waals surface area contributed by atoms with Crippen LogP contribution in [0.2, 0.25) is 0 Å². The van der Waals surface area contributed by atoms with Gasteiger partial charge in [-0.15, -0.1) is 0 Å². The Morgan fingerprint density at radius 3 is 2.81 bits per heavy atom. The fourth-order valence-electron chi connectivity index (χ4n) is 2.72. The fraction of sp³-hybridized carbons (Fsp3) is 0.571. The minimum Gasteiger partial charge on any atom is -0.383 e. The van der Waals surface area contributed by atoms with Crippen molar-refractivity contribution in [2.24, 2.45) is 0 Å². The Balaban J connectivity index is 2.43. The van der Waals surface area contributed by atoms with E-state index in [2.05, 4.69) is 38.2 Å². The lowest BCUT2D eigenvalue weighted by atomic mass is 9.86. The highest BCUT2D eigenvalue weighted by Crippen LogP contribution is 2.29. The van der Waals surface area contributed by atoms with Crippen LogP contribution in [0.4, 0.5) is 0 Å². The molecule has 0 saturated heterocycles. The molecule has 2 rings (SSSR count). The van der Waals surface area contributed by atoms with E-state index in [1.807, 2.05) is 0 Å². The molecular formula is C14H21NO. The third-order valence-electron chi connectivity index (χ3n) is 3.36. The topological polar surface area (TPSA) is 21.3 Å². The van der Waals surface area contributed by atoms with Crippen LogP contribution >= 0.6 is 0 Å². The van der Waals surface area contributed by atoms with Gasteiger partial charge in [0.15, 0.2) is 0 Å². The summed E-state index contributed by atoms with van der Waals surface area (Å²) in [7, 11) is 1.77. The summed E-state index contributed by atoms with van der Waals surface area (Å²) in [4.78, 5) is 0. The smallest absolute Gasteiger partial charge is 0.0657 e. The lowest BCUT2D eigenvalue weighted by Crippen LogP contribution is -2.39. The minimum atomic E-state index is 0.349. The van der Waals surface area contributed by atoms with Crippen LogP contribution < -0.4 is 5.32 Å². The van der Waals surface area contributed by atoms with Crippen molar-refractivity contribution in [1.29, 1.82) is 0 Å². The molecule has 1 aromatic carbocycles. The number of rotatable bonds is 2. The van der Waals surface area contributed by atoms with E-state index in [1.54, 1.807) is 7.11 Å². The third-order valence-corrected chi connectivity index (χ3v) is 3.36. The first-order chi connectivity index (χ1) is 7.61. The van der Waals surface area contributed by atoms with Crippen molar-refractivity contribution >= 4 is 0 Å². The van der Waals surface area contributed by atoms with Crippen molar-refractivity contribution in [2.75, 3.05) is 13.7 Å². The van der Waals surface area contributed by atoms with Gasteiger partial charge in [0.05, 0.1) is 12.6 Å². The average molecular weight is 219 g/mol. The van der Waals surface area contributed by atoms with Gasteiger partial charge in [0.1, 0.15) is 0 Å². The number of nitrogens with one attached hydrogen (secondary N) is 1. The molecule has 0 aliphatic carbocycles. The molecule has 16 heavy (non-hydrogen) atoms. The van der Waals surface area contributed by atoms with Crippen molar-refractivity contribution in [2.45, 2.75) is 39.3 Å². The number of hydrogen-bond acceptors (Lipinski definition) is 2. The van der Waals surface area contributed by atoms with Crippen LogP contribution in [0, 0.1) is 13.8 Å². The Morgan fingerprint density at radius 1 is 1.38 bits per heavy atom. The zero-order valence-corrected chi connectivity index (χ0v) is 10.6. The first kappa shape index (κ1) is 11.6. The van der Waals surface area contributed by atoms with E-state index in [0.717, 1.165) is 13.0 Å². The van der Waals surface area contributed by atoms with Crippen LogP contribution in [0.5, 0.6) is 0 Å². The number of ether oxygens (including phenoxy) is 1. The second kappa shape index (κ2) is 4.56. The predicted molar refractivity (Wildman–Crippen MR) is 66.8 cm³/mol. The predicted octanol–water partition coefficient (Wildman–Crippen LogP) is 2.53. The van der Waals surface area contributed by atoms with E-state index < -0.39 is 0 Å². The Labute approximate surface area is 98.0 Å². The van der Waals surface area contributed by atoms with Gasteiger partial charge >= 0.3 is 0 Å². The first-order valence-electron chi connectivity index (χ1n) is 5.97. The van der Waals surface area contributed by atoms with Crippen molar-refractivity contribution < 1.29 is 4.74 Å². The molecule has 1 heterocycles. The second-order valence-electron chi connectivity index (χ2n) is 4.93. The molecule has 0 bridgehead atoms. The van der Waals surface area contributed by atoms with Gasteiger partial charge in [-0.05, 0) is 43.9 Å². The van der Waals surface area contributed by atoms with E-state index in [1.165, 1.54) is 22.3 Å². The van der Waals surface area contributed by atoms with Gasteiger partial charge in [-0.3, -0.25) is 0 Å². The molecule has 2 unspecified atom stereocenters. The molecule has 2 nitrogen and oxygen atoms in total.